The molecule has 2 atom stereocenters. The molecule has 1 amide bonds. The first kappa shape index (κ1) is 15.4. The number of hydrogen-bond acceptors (Lipinski definition) is 2. The molecule has 0 aromatic heterocycles. The summed E-state index contributed by atoms with van der Waals surface area (Å²) in [5.74, 6) is 0.995. The second-order valence-corrected chi connectivity index (χ2v) is 6.36. The Kier molecular flexibility index (Phi) is 5.96. The highest BCUT2D eigenvalue weighted by Crippen LogP contribution is 2.21. The van der Waals surface area contributed by atoms with E-state index in [9.17, 15) is 4.79 Å². The maximum absolute atomic E-state index is 12.5. The van der Waals surface area contributed by atoms with Gasteiger partial charge in [-0.25, -0.2) is 0 Å². The third kappa shape index (κ3) is 4.27. The molecule has 0 saturated carbocycles. The maximum Gasteiger partial charge on any atom is 0.235 e. The van der Waals surface area contributed by atoms with Crippen molar-refractivity contribution in [1.29, 1.82) is 0 Å². The van der Waals surface area contributed by atoms with Gasteiger partial charge in [0, 0.05) is 13.1 Å². The van der Waals surface area contributed by atoms with Crippen LogP contribution in [-0.2, 0) is 11.2 Å². The van der Waals surface area contributed by atoms with E-state index in [0.717, 1.165) is 38.3 Å². The fourth-order valence-corrected chi connectivity index (χ4v) is 3.30. The topological polar surface area (TPSA) is 20.3 Å². The molecule has 1 aliphatic rings. The second-order valence-electron chi connectivity index (χ2n) is 5.74. The second kappa shape index (κ2) is 7.72. The van der Waals surface area contributed by atoms with Crippen LogP contribution in [0.4, 0.5) is 0 Å². The molecule has 1 aromatic rings. The van der Waals surface area contributed by atoms with E-state index < -0.39 is 0 Å². The lowest BCUT2D eigenvalue weighted by molar-refractivity contribution is -0.130. The smallest absolute Gasteiger partial charge is 0.235 e. The van der Waals surface area contributed by atoms with Gasteiger partial charge in [0.2, 0.25) is 5.91 Å². The molecule has 1 saturated heterocycles. The van der Waals surface area contributed by atoms with Crippen LogP contribution in [0.3, 0.4) is 0 Å². The predicted octanol–water partition coefficient (Wildman–Crippen LogP) is 3.57. The summed E-state index contributed by atoms with van der Waals surface area (Å²) in [7, 11) is 0. The van der Waals surface area contributed by atoms with Gasteiger partial charge in [0.05, 0.1) is 5.25 Å². The summed E-state index contributed by atoms with van der Waals surface area (Å²) in [6, 6.07) is 10.1. The van der Waals surface area contributed by atoms with Gasteiger partial charge in [0.15, 0.2) is 0 Å². The number of nitrogens with zero attached hydrogens (tertiary/aromatic N) is 1. The molecule has 2 unspecified atom stereocenters. The Morgan fingerprint density at radius 3 is 2.75 bits per heavy atom. The van der Waals surface area contributed by atoms with Crippen LogP contribution in [0.15, 0.2) is 30.3 Å². The van der Waals surface area contributed by atoms with Crippen molar-refractivity contribution in [2.75, 3.05) is 13.1 Å². The summed E-state index contributed by atoms with van der Waals surface area (Å²) in [5, 5.41) is -0.212. The lowest BCUT2D eigenvalue weighted by Crippen LogP contribution is -2.38. The summed E-state index contributed by atoms with van der Waals surface area (Å²) in [4.78, 5) is 14.5. The van der Waals surface area contributed by atoms with Crippen LogP contribution in [0.25, 0.3) is 0 Å². The number of carbonyl (C=O) groups is 1. The number of likely N-dealkylation sites (tertiary alicyclic amines) is 1. The monoisotopic (exact) mass is 291 g/mol. The molecule has 20 heavy (non-hydrogen) atoms. The summed E-state index contributed by atoms with van der Waals surface area (Å²) >= 11 is 4.54. The number of hydrogen-bond donors (Lipinski definition) is 1. The normalized spacial score (nSPS) is 21.3. The van der Waals surface area contributed by atoms with Crippen molar-refractivity contribution in [2.45, 2.75) is 44.3 Å². The van der Waals surface area contributed by atoms with E-state index in [1.165, 1.54) is 18.4 Å². The van der Waals surface area contributed by atoms with Crippen molar-refractivity contribution in [1.82, 2.24) is 4.90 Å². The molecule has 0 bridgehead atoms. The third-order valence-electron chi connectivity index (χ3n) is 4.29. The standard InChI is InChI=1S/C17H25NOS/c1-2-14-9-6-11-18(12-10-14)17(19)16(20)13-15-7-4-3-5-8-15/h3-5,7-8,14,16,20H,2,6,9-13H2,1H3. The Labute approximate surface area is 128 Å². The van der Waals surface area contributed by atoms with Crippen molar-refractivity contribution < 1.29 is 4.79 Å². The zero-order valence-corrected chi connectivity index (χ0v) is 13.2. The molecule has 110 valence electrons. The maximum atomic E-state index is 12.5. The van der Waals surface area contributed by atoms with Crippen LogP contribution in [-0.4, -0.2) is 29.1 Å². The number of benzene rings is 1. The van der Waals surface area contributed by atoms with Crippen LogP contribution >= 0.6 is 12.6 Å². The van der Waals surface area contributed by atoms with Crippen molar-refractivity contribution in [3.63, 3.8) is 0 Å². The van der Waals surface area contributed by atoms with Gasteiger partial charge >= 0.3 is 0 Å². The largest absolute Gasteiger partial charge is 0.342 e. The third-order valence-corrected chi connectivity index (χ3v) is 4.70. The van der Waals surface area contributed by atoms with E-state index in [1.54, 1.807) is 0 Å². The molecule has 1 fully saturated rings. The molecule has 1 heterocycles. The molecule has 0 N–H and O–H groups in total. The molecule has 1 aliphatic heterocycles. The highest BCUT2D eigenvalue weighted by molar-refractivity contribution is 7.81. The molecule has 0 aliphatic carbocycles. The van der Waals surface area contributed by atoms with Crippen molar-refractivity contribution in [2.24, 2.45) is 5.92 Å². The zero-order valence-electron chi connectivity index (χ0n) is 12.3. The lowest BCUT2D eigenvalue weighted by atomic mass is 9.98. The molecule has 3 heteroatoms. The Balaban J connectivity index is 1.89. The van der Waals surface area contributed by atoms with Crippen molar-refractivity contribution >= 4 is 18.5 Å². The minimum absolute atomic E-state index is 0.203. The molecule has 0 spiro atoms. The van der Waals surface area contributed by atoms with Gasteiger partial charge in [-0.1, -0.05) is 43.7 Å². The van der Waals surface area contributed by atoms with Gasteiger partial charge in [0.1, 0.15) is 0 Å². The van der Waals surface area contributed by atoms with Gasteiger partial charge in [-0.15, -0.1) is 0 Å². The van der Waals surface area contributed by atoms with E-state index in [1.807, 2.05) is 23.1 Å². The van der Waals surface area contributed by atoms with Gasteiger partial charge in [0.25, 0.3) is 0 Å². The molecular weight excluding hydrogens is 266 g/mol. The summed E-state index contributed by atoms with van der Waals surface area (Å²) in [6.07, 6.45) is 5.49. The first-order valence-electron chi connectivity index (χ1n) is 7.71. The van der Waals surface area contributed by atoms with Crippen molar-refractivity contribution in [3.05, 3.63) is 35.9 Å². The van der Waals surface area contributed by atoms with E-state index in [4.69, 9.17) is 0 Å². The number of amides is 1. The number of rotatable bonds is 4. The van der Waals surface area contributed by atoms with E-state index >= 15 is 0 Å². The highest BCUT2D eigenvalue weighted by atomic mass is 32.1. The Hall–Kier alpha value is -0.960. The molecule has 2 nitrogen and oxygen atoms in total. The summed E-state index contributed by atoms with van der Waals surface area (Å²) in [6.45, 7) is 4.06. The van der Waals surface area contributed by atoms with Crippen LogP contribution < -0.4 is 0 Å². The first-order valence-corrected chi connectivity index (χ1v) is 8.23. The zero-order chi connectivity index (χ0) is 14.4. The van der Waals surface area contributed by atoms with Crippen LogP contribution in [0.1, 0.15) is 38.2 Å². The fourth-order valence-electron chi connectivity index (χ4n) is 2.93. The van der Waals surface area contributed by atoms with Gasteiger partial charge in [-0.2, -0.15) is 12.6 Å². The first-order chi connectivity index (χ1) is 9.70. The summed E-state index contributed by atoms with van der Waals surface area (Å²) < 4.78 is 0. The van der Waals surface area contributed by atoms with Crippen LogP contribution in [0.5, 0.6) is 0 Å². The Morgan fingerprint density at radius 2 is 2.05 bits per heavy atom. The van der Waals surface area contributed by atoms with Gasteiger partial charge in [-0.3, -0.25) is 4.79 Å². The molecular formula is C17H25NOS. The quantitative estimate of drug-likeness (QED) is 0.841. The number of thiol groups is 1. The van der Waals surface area contributed by atoms with Gasteiger partial charge < -0.3 is 4.90 Å². The Bertz CT molecular complexity index is 420. The number of carbonyl (C=O) groups excluding carboxylic acids is 1. The van der Waals surface area contributed by atoms with Crippen LogP contribution in [0, 0.1) is 5.92 Å². The molecule has 0 radical (unpaired) electrons. The van der Waals surface area contributed by atoms with E-state index in [2.05, 4.69) is 31.7 Å². The molecule has 2 rings (SSSR count). The average Bonchev–Trinajstić information content (AvgIpc) is 2.72. The lowest BCUT2D eigenvalue weighted by Gasteiger charge is -2.24. The van der Waals surface area contributed by atoms with E-state index in [0.29, 0.717) is 0 Å². The molecule has 1 aromatic carbocycles. The predicted molar refractivity (Wildman–Crippen MR) is 87.1 cm³/mol. The summed E-state index contributed by atoms with van der Waals surface area (Å²) in [5.41, 5.74) is 1.18. The highest BCUT2D eigenvalue weighted by Gasteiger charge is 2.24. The van der Waals surface area contributed by atoms with E-state index in [-0.39, 0.29) is 11.2 Å². The average molecular weight is 291 g/mol. The Morgan fingerprint density at radius 1 is 1.30 bits per heavy atom. The SMILES string of the molecule is CCC1CCCN(C(=O)C(S)Cc2ccccc2)CC1. The fraction of sp³-hybridized carbons (Fsp3) is 0.588. The minimum atomic E-state index is -0.212. The van der Waals surface area contributed by atoms with Crippen LogP contribution in [0.2, 0.25) is 0 Å². The minimum Gasteiger partial charge on any atom is -0.342 e. The van der Waals surface area contributed by atoms with Gasteiger partial charge in [-0.05, 0) is 37.2 Å². The van der Waals surface area contributed by atoms with Crippen molar-refractivity contribution in [3.8, 4) is 0 Å².